The zero-order valence-corrected chi connectivity index (χ0v) is 13.9. The second-order valence-corrected chi connectivity index (χ2v) is 7.65. The average Bonchev–Trinajstić information content (AvgIpc) is 2.88. The van der Waals surface area contributed by atoms with Crippen LogP contribution in [0, 0.1) is 17.8 Å². The standard InChI is InChI=1S/C17H27ClN2O/c1-11(2)20-16(15(18)10-19-20)17(21)14-8-7-12-5-3-4-6-13(12)9-14/h10-14,17,21H,3-9H2,1-2H3. The largest absolute Gasteiger partial charge is 0.386 e. The highest BCUT2D eigenvalue weighted by molar-refractivity contribution is 6.31. The van der Waals surface area contributed by atoms with E-state index in [1.807, 2.05) is 4.68 Å². The smallest absolute Gasteiger partial charge is 0.1000 e. The number of hydrogen-bond donors (Lipinski definition) is 1. The number of nitrogens with zero attached hydrogens (tertiary/aromatic N) is 2. The summed E-state index contributed by atoms with van der Waals surface area (Å²) in [6.45, 7) is 4.16. The number of aromatic nitrogens is 2. The van der Waals surface area contributed by atoms with Gasteiger partial charge in [-0.2, -0.15) is 5.10 Å². The molecule has 0 bridgehead atoms. The number of aliphatic hydroxyl groups excluding tert-OH is 1. The van der Waals surface area contributed by atoms with Crippen LogP contribution in [0.25, 0.3) is 0 Å². The molecule has 0 aliphatic heterocycles. The van der Waals surface area contributed by atoms with E-state index in [1.165, 1.54) is 32.1 Å². The molecular formula is C17H27ClN2O. The molecule has 118 valence electrons. The van der Waals surface area contributed by atoms with E-state index in [0.717, 1.165) is 30.4 Å². The Morgan fingerprint density at radius 2 is 1.90 bits per heavy atom. The van der Waals surface area contributed by atoms with Crippen LogP contribution in [0.5, 0.6) is 0 Å². The minimum absolute atomic E-state index is 0.230. The molecule has 1 N–H and O–H groups in total. The Balaban J connectivity index is 1.76. The van der Waals surface area contributed by atoms with Gasteiger partial charge in [-0.1, -0.05) is 37.3 Å². The number of aliphatic hydroxyl groups is 1. The Kier molecular flexibility index (Phi) is 4.60. The van der Waals surface area contributed by atoms with Crippen LogP contribution < -0.4 is 0 Å². The van der Waals surface area contributed by atoms with Gasteiger partial charge >= 0.3 is 0 Å². The van der Waals surface area contributed by atoms with Crippen LogP contribution in [0.15, 0.2) is 6.20 Å². The van der Waals surface area contributed by atoms with Crippen molar-refractivity contribution in [2.75, 3.05) is 0 Å². The fourth-order valence-corrected chi connectivity index (χ4v) is 4.70. The van der Waals surface area contributed by atoms with Crippen molar-refractivity contribution in [3.63, 3.8) is 0 Å². The molecule has 0 saturated heterocycles. The lowest BCUT2D eigenvalue weighted by molar-refractivity contribution is 0.0294. The van der Waals surface area contributed by atoms with E-state index >= 15 is 0 Å². The van der Waals surface area contributed by atoms with Gasteiger partial charge in [0.05, 0.1) is 23.0 Å². The second-order valence-electron chi connectivity index (χ2n) is 7.24. The van der Waals surface area contributed by atoms with Gasteiger partial charge in [0, 0.05) is 6.04 Å². The molecule has 2 aliphatic carbocycles. The minimum Gasteiger partial charge on any atom is -0.386 e. The van der Waals surface area contributed by atoms with Crippen molar-refractivity contribution >= 4 is 11.6 Å². The van der Waals surface area contributed by atoms with E-state index < -0.39 is 6.10 Å². The van der Waals surface area contributed by atoms with Crippen LogP contribution in [0.4, 0.5) is 0 Å². The molecular weight excluding hydrogens is 284 g/mol. The van der Waals surface area contributed by atoms with Gasteiger partial charge in [-0.25, -0.2) is 0 Å². The molecule has 2 aliphatic rings. The number of halogens is 1. The third-order valence-corrected chi connectivity index (χ3v) is 5.87. The Morgan fingerprint density at radius 3 is 2.62 bits per heavy atom. The lowest BCUT2D eigenvalue weighted by atomic mass is 9.66. The summed E-state index contributed by atoms with van der Waals surface area (Å²) >= 11 is 6.30. The van der Waals surface area contributed by atoms with Crippen LogP contribution >= 0.6 is 11.6 Å². The highest BCUT2D eigenvalue weighted by Gasteiger charge is 2.37. The van der Waals surface area contributed by atoms with E-state index in [2.05, 4.69) is 18.9 Å². The van der Waals surface area contributed by atoms with E-state index in [-0.39, 0.29) is 6.04 Å². The number of rotatable bonds is 3. The molecule has 0 amide bonds. The number of fused-ring (bicyclic) bond motifs is 1. The van der Waals surface area contributed by atoms with Crippen LogP contribution in [0.3, 0.4) is 0 Å². The lowest BCUT2D eigenvalue weighted by Crippen LogP contribution is -2.31. The fraction of sp³-hybridized carbons (Fsp3) is 0.824. The van der Waals surface area contributed by atoms with Gasteiger partial charge in [0.25, 0.3) is 0 Å². The van der Waals surface area contributed by atoms with E-state index in [1.54, 1.807) is 6.20 Å². The van der Waals surface area contributed by atoms with Crippen molar-refractivity contribution in [3.8, 4) is 0 Å². The summed E-state index contributed by atoms with van der Waals surface area (Å²) in [5, 5.41) is 15.8. The monoisotopic (exact) mass is 310 g/mol. The van der Waals surface area contributed by atoms with Crippen LogP contribution in [0.1, 0.15) is 76.6 Å². The van der Waals surface area contributed by atoms with Crippen molar-refractivity contribution in [1.82, 2.24) is 9.78 Å². The first-order valence-corrected chi connectivity index (χ1v) is 8.86. The second kappa shape index (κ2) is 6.29. The summed E-state index contributed by atoms with van der Waals surface area (Å²) in [5.41, 5.74) is 0.825. The summed E-state index contributed by atoms with van der Waals surface area (Å²) < 4.78 is 1.89. The first-order valence-electron chi connectivity index (χ1n) is 8.49. The summed E-state index contributed by atoms with van der Waals surface area (Å²) in [5.74, 6) is 2.07. The van der Waals surface area contributed by atoms with E-state index in [4.69, 9.17) is 11.6 Å². The molecule has 3 rings (SSSR count). The van der Waals surface area contributed by atoms with Crippen LogP contribution in [-0.2, 0) is 0 Å². The summed E-state index contributed by atoms with van der Waals surface area (Å²) in [7, 11) is 0. The third kappa shape index (κ3) is 3.00. The zero-order chi connectivity index (χ0) is 15.0. The topological polar surface area (TPSA) is 38.0 Å². The molecule has 4 unspecified atom stereocenters. The summed E-state index contributed by atoms with van der Waals surface area (Å²) in [6, 6.07) is 0.230. The predicted molar refractivity (Wildman–Crippen MR) is 85.4 cm³/mol. The summed E-state index contributed by atoms with van der Waals surface area (Å²) in [6.07, 6.45) is 10.3. The molecule has 0 radical (unpaired) electrons. The molecule has 0 aromatic carbocycles. The highest BCUT2D eigenvalue weighted by Crippen LogP contribution is 2.47. The molecule has 0 spiro atoms. The van der Waals surface area contributed by atoms with Crippen LogP contribution in [0.2, 0.25) is 5.02 Å². The molecule has 4 heteroatoms. The molecule has 1 aromatic rings. The predicted octanol–water partition coefficient (Wildman–Crippen LogP) is 4.76. The third-order valence-electron chi connectivity index (χ3n) is 5.58. The molecule has 4 atom stereocenters. The first-order chi connectivity index (χ1) is 10.1. The fourth-order valence-electron chi connectivity index (χ4n) is 4.46. The minimum atomic E-state index is -0.467. The molecule has 1 aromatic heterocycles. The van der Waals surface area contributed by atoms with Crippen molar-refractivity contribution in [2.24, 2.45) is 17.8 Å². The van der Waals surface area contributed by atoms with E-state index in [0.29, 0.717) is 10.9 Å². The zero-order valence-electron chi connectivity index (χ0n) is 13.1. The summed E-state index contributed by atoms with van der Waals surface area (Å²) in [4.78, 5) is 0. The molecule has 1 heterocycles. The van der Waals surface area contributed by atoms with Gasteiger partial charge in [-0.3, -0.25) is 4.68 Å². The van der Waals surface area contributed by atoms with Gasteiger partial charge < -0.3 is 5.11 Å². The Labute approximate surface area is 132 Å². The first kappa shape index (κ1) is 15.4. The van der Waals surface area contributed by atoms with Crippen molar-refractivity contribution in [2.45, 2.75) is 70.9 Å². The van der Waals surface area contributed by atoms with Gasteiger partial charge in [-0.15, -0.1) is 0 Å². The van der Waals surface area contributed by atoms with Crippen molar-refractivity contribution in [3.05, 3.63) is 16.9 Å². The van der Waals surface area contributed by atoms with Gasteiger partial charge in [0.2, 0.25) is 0 Å². The highest BCUT2D eigenvalue weighted by atomic mass is 35.5. The normalized spacial score (nSPS) is 31.2. The van der Waals surface area contributed by atoms with Gasteiger partial charge in [0.1, 0.15) is 0 Å². The SMILES string of the molecule is CC(C)n1ncc(Cl)c1C(O)C1CCC2CCCCC2C1. The van der Waals surface area contributed by atoms with Crippen molar-refractivity contribution < 1.29 is 5.11 Å². The van der Waals surface area contributed by atoms with Crippen molar-refractivity contribution in [1.29, 1.82) is 0 Å². The average molecular weight is 311 g/mol. The molecule has 3 nitrogen and oxygen atoms in total. The van der Waals surface area contributed by atoms with E-state index in [9.17, 15) is 5.11 Å². The Bertz CT molecular complexity index is 485. The lowest BCUT2D eigenvalue weighted by Gasteiger charge is -2.41. The maximum absolute atomic E-state index is 10.9. The quantitative estimate of drug-likeness (QED) is 0.874. The maximum Gasteiger partial charge on any atom is 0.1000 e. The van der Waals surface area contributed by atoms with Gasteiger partial charge in [0.15, 0.2) is 0 Å². The molecule has 2 fully saturated rings. The number of hydrogen-bond acceptors (Lipinski definition) is 2. The maximum atomic E-state index is 10.9. The van der Waals surface area contributed by atoms with Gasteiger partial charge in [-0.05, 0) is 50.9 Å². The molecule has 21 heavy (non-hydrogen) atoms. The molecule has 2 saturated carbocycles. The van der Waals surface area contributed by atoms with Crippen LogP contribution in [-0.4, -0.2) is 14.9 Å². The Morgan fingerprint density at radius 1 is 1.19 bits per heavy atom. The Hall–Kier alpha value is -0.540.